The molecule has 2 aromatic carbocycles. The summed E-state index contributed by atoms with van der Waals surface area (Å²) >= 11 is 0. The highest BCUT2D eigenvalue weighted by Gasteiger charge is 2.45. The van der Waals surface area contributed by atoms with Crippen LogP contribution in [0.25, 0.3) is 5.57 Å². The summed E-state index contributed by atoms with van der Waals surface area (Å²) in [6.07, 6.45) is 3.04. The van der Waals surface area contributed by atoms with Gasteiger partial charge in [0.1, 0.15) is 23.8 Å². The molecule has 2 aliphatic rings. The fraction of sp³-hybridized carbons (Fsp3) is 0.400. The Morgan fingerprint density at radius 1 is 1.12 bits per heavy atom. The van der Waals surface area contributed by atoms with Gasteiger partial charge in [0.2, 0.25) is 0 Å². The van der Waals surface area contributed by atoms with Gasteiger partial charge in [0, 0.05) is 37.8 Å². The molecule has 5 nitrogen and oxygen atoms in total. The lowest BCUT2D eigenvalue weighted by molar-refractivity contribution is 0.0991. The Morgan fingerprint density at radius 3 is 2.52 bits per heavy atom. The molecule has 2 N–H and O–H groups in total. The SMILES string of the molecule is O=C(NC1CCN(CCF)CC1)N1CC(c2cc(F)ccc2F)=C[C@@]1(CO)c1ccccc1. The number of nitrogens with zero attached hydrogens (tertiary/aromatic N) is 2. The minimum absolute atomic E-state index is 0.0162. The van der Waals surface area contributed by atoms with Crippen LogP contribution in [0.5, 0.6) is 0 Å². The van der Waals surface area contributed by atoms with Crippen LogP contribution < -0.4 is 5.32 Å². The molecule has 2 amide bonds. The van der Waals surface area contributed by atoms with E-state index < -0.39 is 30.5 Å². The maximum Gasteiger partial charge on any atom is 0.318 e. The van der Waals surface area contributed by atoms with Gasteiger partial charge in [-0.3, -0.25) is 0 Å². The second-order valence-electron chi connectivity index (χ2n) is 8.58. The highest BCUT2D eigenvalue weighted by Crippen LogP contribution is 2.40. The molecule has 0 aliphatic carbocycles. The molecule has 33 heavy (non-hydrogen) atoms. The standard InChI is InChI=1S/C25H28F3N3O2/c26-10-13-30-11-8-21(9-12-30)29-24(33)31-16-18(22-14-20(27)6-7-23(22)28)15-25(31,17-32)19-4-2-1-3-5-19/h1-7,14-15,21,32H,8-13,16-17H2,(H,29,33)/t25-/m1/s1. The summed E-state index contributed by atoms with van der Waals surface area (Å²) in [4.78, 5) is 16.9. The zero-order chi connectivity index (χ0) is 23.4. The lowest BCUT2D eigenvalue weighted by atomic mass is 9.89. The third kappa shape index (κ3) is 4.77. The van der Waals surface area contributed by atoms with Crippen LogP contribution in [0.15, 0.2) is 54.6 Å². The van der Waals surface area contributed by atoms with Crippen LogP contribution in [0, 0.1) is 11.6 Å². The maximum atomic E-state index is 14.6. The molecule has 2 aliphatic heterocycles. The number of nitrogens with one attached hydrogen (secondary N) is 1. The number of aliphatic hydroxyl groups is 1. The Bertz CT molecular complexity index is 1010. The Labute approximate surface area is 191 Å². The fourth-order valence-electron chi connectivity index (χ4n) is 4.74. The van der Waals surface area contributed by atoms with Crippen molar-refractivity contribution in [2.75, 3.05) is 39.5 Å². The van der Waals surface area contributed by atoms with Crippen LogP contribution in [0.1, 0.15) is 24.0 Å². The average molecular weight is 460 g/mol. The van der Waals surface area contributed by atoms with Crippen LogP contribution in [0.3, 0.4) is 0 Å². The van der Waals surface area contributed by atoms with Crippen molar-refractivity contribution in [3.05, 3.63) is 77.4 Å². The Morgan fingerprint density at radius 2 is 1.85 bits per heavy atom. The Balaban J connectivity index is 1.62. The lowest BCUT2D eigenvalue weighted by Crippen LogP contribution is -2.55. The number of hydrogen-bond acceptors (Lipinski definition) is 3. The van der Waals surface area contributed by atoms with Crippen molar-refractivity contribution >= 4 is 11.6 Å². The summed E-state index contributed by atoms with van der Waals surface area (Å²) in [5.41, 5.74) is -0.0439. The molecule has 1 saturated heterocycles. The van der Waals surface area contributed by atoms with Crippen LogP contribution in [0.4, 0.5) is 18.0 Å². The number of likely N-dealkylation sites (tertiary alicyclic amines) is 1. The highest BCUT2D eigenvalue weighted by molar-refractivity contribution is 5.83. The Hall–Kier alpha value is -2.84. The lowest BCUT2D eigenvalue weighted by Gasteiger charge is -2.39. The van der Waals surface area contributed by atoms with Crippen molar-refractivity contribution < 1.29 is 23.1 Å². The smallest absolute Gasteiger partial charge is 0.318 e. The van der Waals surface area contributed by atoms with Gasteiger partial charge in [-0.2, -0.15) is 0 Å². The first-order valence-electron chi connectivity index (χ1n) is 11.2. The normalized spacial score (nSPS) is 21.8. The molecule has 2 aromatic rings. The number of carbonyl (C=O) groups excluding carboxylic acids is 1. The first kappa shape index (κ1) is 23.3. The number of piperidine rings is 1. The van der Waals surface area contributed by atoms with Gasteiger partial charge in [0.15, 0.2) is 0 Å². The van der Waals surface area contributed by atoms with E-state index in [1.54, 1.807) is 30.3 Å². The van der Waals surface area contributed by atoms with E-state index in [0.717, 1.165) is 18.2 Å². The average Bonchev–Trinajstić information content (AvgIpc) is 3.24. The first-order valence-corrected chi connectivity index (χ1v) is 11.2. The van der Waals surface area contributed by atoms with Crippen LogP contribution in [-0.4, -0.2) is 66.4 Å². The zero-order valence-electron chi connectivity index (χ0n) is 18.3. The van der Waals surface area contributed by atoms with Crippen LogP contribution >= 0.6 is 0 Å². The second kappa shape index (κ2) is 9.97. The van der Waals surface area contributed by atoms with Gasteiger partial charge in [-0.05, 0) is 48.3 Å². The van der Waals surface area contributed by atoms with Crippen molar-refractivity contribution in [1.82, 2.24) is 15.1 Å². The molecular weight excluding hydrogens is 431 g/mol. The summed E-state index contributed by atoms with van der Waals surface area (Å²) in [5, 5.41) is 13.5. The van der Waals surface area contributed by atoms with Crippen molar-refractivity contribution in [2.24, 2.45) is 0 Å². The van der Waals surface area contributed by atoms with Crippen LogP contribution in [0.2, 0.25) is 0 Å². The third-order valence-corrected chi connectivity index (χ3v) is 6.57. The van der Waals surface area contributed by atoms with Crippen molar-refractivity contribution in [2.45, 2.75) is 24.4 Å². The summed E-state index contributed by atoms with van der Waals surface area (Å²) in [7, 11) is 0. The predicted octanol–water partition coefficient (Wildman–Crippen LogP) is 3.70. The van der Waals surface area contributed by atoms with Crippen molar-refractivity contribution in [1.29, 1.82) is 0 Å². The molecule has 0 spiro atoms. The minimum atomic E-state index is -1.21. The largest absolute Gasteiger partial charge is 0.393 e. The molecule has 0 aromatic heterocycles. The van der Waals surface area contributed by atoms with E-state index >= 15 is 0 Å². The zero-order valence-corrected chi connectivity index (χ0v) is 18.3. The number of carbonyl (C=O) groups is 1. The van der Waals surface area contributed by atoms with Crippen molar-refractivity contribution in [3.8, 4) is 0 Å². The highest BCUT2D eigenvalue weighted by atomic mass is 19.1. The van der Waals surface area contributed by atoms with E-state index in [1.165, 1.54) is 4.90 Å². The quantitative estimate of drug-likeness (QED) is 0.693. The van der Waals surface area contributed by atoms with E-state index in [1.807, 2.05) is 11.0 Å². The first-order chi connectivity index (χ1) is 16.0. The number of hydrogen-bond donors (Lipinski definition) is 2. The summed E-state index contributed by atoms with van der Waals surface area (Å²) < 4.78 is 41.1. The van der Waals surface area contributed by atoms with E-state index in [4.69, 9.17) is 0 Å². The number of alkyl halides is 1. The molecule has 1 atom stereocenters. The van der Waals surface area contributed by atoms with Gasteiger partial charge in [-0.1, -0.05) is 30.3 Å². The monoisotopic (exact) mass is 459 g/mol. The van der Waals surface area contributed by atoms with E-state index in [2.05, 4.69) is 5.32 Å². The predicted molar refractivity (Wildman–Crippen MR) is 120 cm³/mol. The molecule has 8 heteroatoms. The number of halogens is 3. The van der Waals surface area contributed by atoms with Gasteiger partial charge in [0.25, 0.3) is 0 Å². The summed E-state index contributed by atoms with van der Waals surface area (Å²) in [6.45, 7) is 0.975. The third-order valence-electron chi connectivity index (χ3n) is 6.57. The number of benzene rings is 2. The van der Waals surface area contributed by atoms with E-state index in [9.17, 15) is 23.1 Å². The van der Waals surface area contributed by atoms with E-state index in [0.29, 0.717) is 43.6 Å². The second-order valence-corrected chi connectivity index (χ2v) is 8.58. The van der Waals surface area contributed by atoms with Gasteiger partial charge < -0.3 is 20.2 Å². The molecule has 0 bridgehead atoms. The summed E-state index contributed by atoms with van der Waals surface area (Å²) in [5.74, 6) is -1.17. The fourth-order valence-corrected chi connectivity index (χ4v) is 4.74. The molecule has 0 saturated carbocycles. The number of urea groups is 1. The molecule has 1 fully saturated rings. The van der Waals surface area contributed by atoms with Gasteiger partial charge >= 0.3 is 6.03 Å². The molecular formula is C25H28F3N3O2. The van der Waals surface area contributed by atoms with Crippen molar-refractivity contribution in [3.63, 3.8) is 0 Å². The molecule has 0 unspecified atom stereocenters. The van der Waals surface area contributed by atoms with Gasteiger partial charge in [0.05, 0.1) is 6.61 Å². The maximum absolute atomic E-state index is 14.6. The summed E-state index contributed by atoms with van der Waals surface area (Å²) in [6, 6.07) is 11.8. The molecule has 4 rings (SSSR count). The van der Waals surface area contributed by atoms with Crippen LogP contribution in [-0.2, 0) is 5.54 Å². The minimum Gasteiger partial charge on any atom is -0.393 e. The Kier molecular flexibility index (Phi) is 7.05. The molecule has 2 heterocycles. The van der Waals surface area contributed by atoms with E-state index in [-0.39, 0.29) is 24.2 Å². The topological polar surface area (TPSA) is 55.8 Å². The number of amides is 2. The number of rotatable bonds is 6. The number of aliphatic hydroxyl groups excluding tert-OH is 1. The van der Waals surface area contributed by atoms with Gasteiger partial charge in [-0.25, -0.2) is 18.0 Å². The molecule has 176 valence electrons. The molecule has 0 radical (unpaired) electrons. The van der Waals surface area contributed by atoms with Gasteiger partial charge in [-0.15, -0.1) is 0 Å².